The predicted molar refractivity (Wildman–Crippen MR) is 69.1 cm³/mol. The minimum atomic E-state index is -0.740. The average Bonchev–Trinajstić information content (AvgIpc) is 2.26. The van der Waals surface area contributed by atoms with Gasteiger partial charge in [-0.05, 0) is 32.4 Å². The lowest BCUT2D eigenvalue weighted by molar-refractivity contribution is 0.0886. The monoisotopic (exact) mass is 238 g/mol. The van der Waals surface area contributed by atoms with Crippen LogP contribution in [0.3, 0.4) is 0 Å². The summed E-state index contributed by atoms with van der Waals surface area (Å²) in [4.78, 5) is 6.17. The van der Waals surface area contributed by atoms with Crippen molar-refractivity contribution in [1.82, 2.24) is 4.98 Å². The number of hydrogen-bond donors (Lipinski definition) is 2. The van der Waals surface area contributed by atoms with Crippen LogP contribution in [0.25, 0.3) is 0 Å². The number of pyridine rings is 1. The van der Waals surface area contributed by atoms with E-state index in [-0.39, 0.29) is 0 Å². The minimum Gasteiger partial charge on any atom is -0.389 e. The fourth-order valence-corrected chi connectivity index (χ4v) is 1.70. The number of likely N-dealkylation sites (N-methyl/N-ethyl adjacent to an activating group) is 1. The van der Waals surface area contributed by atoms with Crippen molar-refractivity contribution >= 4 is 5.69 Å². The van der Waals surface area contributed by atoms with Gasteiger partial charge >= 0.3 is 0 Å². The first-order valence-corrected chi connectivity index (χ1v) is 5.91. The summed E-state index contributed by atoms with van der Waals surface area (Å²) >= 11 is 0. The van der Waals surface area contributed by atoms with Crippen LogP contribution in [0, 0.1) is 0 Å². The Kier molecular flexibility index (Phi) is 4.48. The number of aliphatic hydroxyl groups is 2. The summed E-state index contributed by atoms with van der Waals surface area (Å²) in [6.45, 7) is 5.99. The standard InChI is InChI=1S/C13H22N2O2/c1-5-12(16)11-7-6-10(8-14-11)15(4)9-13(2,3)17/h6-8,12,16-17H,5,9H2,1-4H3. The van der Waals surface area contributed by atoms with E-state index in [4.69, 9.17) is 0 Å². The van der Waals surface area contributed by atoms with Crippen LogP contribution in [-0.4, -0.2) is 34.4 Å². The van der Waals surface area contributed by atoms with E-state index < -0.39 is 11.7 Å². The van der Waals surface area contributed by atoms with Gasteiger partial charge in [-0.15, -0.1) is 0 Å². The summed E-state index contributed by atoms with van der Waals surface area (Å²) in [6.07, 6.45) is 1.88. The van der Waals surface area contributed by atoms with E-state index in [1.165, 1.54) is 0 Å². The van der Waals surface area contributed by atoms with Gasteiger partial charge in [0.05, 0.1) is 29.3 Å². The van der Waals surface area contributed by atoms with Crippen molar-refractivity contribution < 1.29 is 10.2 Å². The molecule has 2 N–H and O–H groups in total. The lowest BCUT2D eigenvalue weighted by Crippen LogP contribution is -2.36. The van der Waals surface area contributed by atoms with E-state index in [1.807, 2.05) is 31.0 Å². The molecule has 1 atom stereocenters. The van der Waals surface area contributed by atoms with Gasteiger partial charge in [0.2, 0.25) is 0 Å². The molecule has 1 heterocycles. The van der Waals surface area contributed by atoms with Gasteiger partial charge in [-0.3, -0.25) is 4.98 Å². The summed E-state index contributed by atoms with van der Waals surface area (Å²) in [7, 11) is 1.91. The van der Waals surface area contributed by atoms with Crippen molar-refractivity contribution in [3.8, 4) is 0 Å². The van der Waals surface area contributed by atoms with Gasteiger partial charge in [-0.25, -0.2) is 0 Å². The van der Waals surface area contributed by atoms with Gasteiger partial charge in [0, 0.05) is 13.6 Å². The molecule has 4 heteroatoms. The fraction of sp³-hybridized carbons (Fsp3) is 0.615. The van der Waals surface area contributed by atoms with E-state index in [0.717, 1.165) is 5.69 Å². The first kappa shape index (κ1) is 13.9. The van der Waals surface area contributed by atoms with Crippen LogP contribution in [-0.2, 0) is 0 Å². The molecule has 0 aliphatic rings. The Bertz CT molecular complexity index is 343. The van der Waals surface area contributed by atoms with Crippen molar-refractivity contribution in [2.45, 2.75) is 38.9 Å². The van der Waals surface area contributed by atoms with Crippen LogP contribution >= 0.6 is 0 Å². The highest BCUT2D eigenvalue weighted by Crippen LogP contribution is 2.18. The molecule has 0 saturated carbocycles. The first-order chi connectivity index (χ1) is 7.83. The zero-order valence-corrected chi connectivity index (χ0v) is 11.0. The molecule has 0 spiro atoms. The third-order valence-corrected chi connectivity index (χ3v) is 2.56. The molecule has 0 aliphatic carbocycles. The lowest BCUT2D eigenvalue weighted by atomic mass is 10.1. The van der Waals surface area contributed by atoms with E-state index in [9.17, 15) is 10.2 Å². The molecule has 0 saturated heterocycles. The Hall–Kier alpha value is -1.13. The minimum absolute atomic E-state index is 0.497. The van der Waals surface area contributed by atoms with Crippen LogP contribution in [0.15, 0.2) is 18.3 Å². The van der Waals surface area contributed by atoms with Crippen molar-refractivity contribution in [2.24, 2.45) is 0 Å². The molecule has 1 aromatic rings. The molecule has 1 rings (SSSR count). The first-order valence-electron chi connectivity index (χ1n) is 5.91. The normalized spacial score (nSPS) is 13.5. The van der Waals surface area contributed by atoms with E-state index in [0.29, 0.717) is 18.7 Å². The largest absolute Gasteiger partial charge is 0.389 e. The van der Waals surface area contributed by atoms with E-state index >= 15 is 0 Å². The molecule has 1 aromatic heterocycles. The third-order valence-electron chi connectivity index (χ3n) is 2.56. The highest BCUT2D eigenvalue weighted by Gasteiger charge is 2.16. The topological polar surface area (TPSA) is 56.6 Å². The van der Waals surface area contributed by atoms with E-state index in [2.05, 4.69) is 4.98 Å². The summed E-state index contributed by atoms with van der Waals surface area (Å²) in [5.41, 5.74) is 0.878. The van der Waals surface area contributed by atoms with Crippen LogP contribution in [0.1, 0.15) is 39.0 Å². The number of nitrogens with zero attached hydrogens (tertiary/aromatic N) is 2. The zero-order chi connectivity index (χ0) is 13.1. The summed E-state index contributed by atoms with van der Waals surface area (Å²) < 4.78 is 0. The molecule has 0 aliphatic heterocycles. The number of anilines is 1. The molecular formula is C13H22N2O2. The molecular weight excluding hydrogens is 216 g/mol. The molecule has 1 unspecified atom stereocenters. The Morgan fingerprint density at radius 2 is 2.06 bits per heavy atom. The maximum absolute atomic E-state index is 9.73. The zero-order valence-electron chi connectivity index (χ0n) is 11.0. The fourth-order valence-electron chi connectivity index (χ4n) is 1.70. The quantitative estimate of drug-likeness (QED) is 0.820. The molecule has 0 radical (unpaired) electrons. The highest BCUT2D eigenvalue weighted by molar-refractivity contribution is 5.44. The van der Waals surface area contributed by atoms with Gasteiger partial charge in [0.1, 0.15) is 0 Å². The molecule has 0 fully saturated rings. The van der Waals surface area contributed by atoms with Crippen molar-refractivity contribution in [2.75, 3.05) is 18.5 Å². The van der Waals surface area contributed by atoms with Crippen LogP contribution in [0.4, 0.5) is 5.69 Å². The number of aliphatic hydroxyl groups excluding tert-OH is 1. The average molecular weight is 238 g/mol. The van der Waals surface area contributed by atoms with Crippen LogP contribution in [0.2, 0.25) is 0 Å². The van der Waals surface area contributed by atoms with Gasteiger partial charge in [-0.2, -0.15) is 0 Å². The number of aromatic nitrogens is 1. The van der Waals surface area contributed by atoms with Gasteiger partial charge in [0.25, 0.3) is 0 Å². The molecule has 0 aromatic carbocycles. The van der Waals surface area contributed by atoms with Crippen molar-refractivity contribution in [1.29, 1.82) is 0 Å². The SMILES string of the molecule is CCC(O)c1ccc(N(C)CC(C)(C)O)cn1. The maximum Gasteiger partial charge on any atom is 0.0957 e. The second-order valence-electron chi connectivity index (χ2n) is 5.03. The van der Waals surface area contributed by atoms with Crippen LogP contribution < -0.4 is 4.90 Å². The van der Waals surface area contributed by atoms with Gasteiger partial charge < -0.3 is 15.1 Å². The number of rotatable bonds is 5. The Balaban J connectivity index is 2.74. The molecule has 0 bridgehead atoms. The summed E-state index contributed by atoms with van der Waals surface area (Å²) in [5.74, 6) is 0. The summed E-state index contributed by atoms with van der Waals surface area (Å²) in [6, 6.07) is 3.73. The maximum atomic E-state index is 9.73. The highest BCUT2D eigenvalue weighted by atomic mass is 16.3. The molecule has 96 valence electrons. The second-order valence-corrected chi connectivity index (χ2v) is 5.03. The number of hydrogen-bond acceptors (Lipinski definition) is 4. The predicted octanol–water partition coefficient (Wildman–Crippen LogP) is 1.73. The van der Waals surface area contributed by atoms with Gasteiger partial charge in [0.15, 0.2) is 0 Å². The van der Waals surface area contributed by atoms with Crippen molar-refractivity contribution in [3.63, 3.8) is 0 Å². The van der Waals surface area contributed by atoms with Gasteiger partial charge in [-0.1, -0.05) is 6.92 Å². The van der Waals surface area contributed by atoms with Crippen molar-refractivity contribution in [3.05, 3.63) is 24.0 Å². The Morgan fingerprint density at radius 1 is 1.41 bits per heavy atom. The second kappa shape index (κ2) is 5.47. The Morgan fingerprint density at radius 3 is 2.47 bits per heavy atom. The molecule has 0 amide bonds. The molecule has 4 nitrogen and oxygen atoms in total. The lowest BCUT2D eigenvalue weighted by Gasteiger charge is -2.27. The van der Waals surface area contributed by atoms with E-state index in [1.54, 1.807) is 20.0 Å². The summed E-state index contributed by atoms with van der Waals surface area (Å²) in [5, 5.41) is 19.4. The van der Waals surface area contributed by atoms with Crippen LogP contribution in [0.5, 0.6) is 0 Å². The smallest absolute Gasteiger partial charge is 0.0957 e. The third kappa shape index (κ3) is 4.32. The Labute approximate surface area is 103 Å². The molecule has 17 heavy (non-hydrogen) atoms.